The fourth-order valence-electron chi connectivity index (χ4n) is 5.78. The summed E-state index contributed by atoms with van der Waals surface area (Å²) in [4.78, 5) is 0. The van der Waals surface area contributed by atoms with Gasteiger partial charge in [-0.25, -0.2) is 0 Å². The van der Waals surface area contributed by atoms with Gasteiger partial charge >= 0.3 is 0 Å². The maximum Gasteiger partial charge on any atom is 0.186 e. The Kier molecular flexibility index (Phi) is 6.46. The van der Waals surface area contributed by atoms with Gasteiger partial charge in [-0.3, -0.25) is 0 Å². The molecule has 2 saturated carbocycles. The van der Waals surface area contributed by atoms with Crippen molar-refractivity contribution < 1.29 is 49.6 Å². The van der Waals surface area contributed by atoms with Gasteiger partial charge in [-0.15, -0.1) is 0 Å². The van der Waals surface area contributed by atoms with Gasteiger partial charge in [-0.2, -0.15) is 0 Å². The third-order valence-corrected chi connectivity index (χ3v) is 8.56. The molecule has 0 amide bonds. The number of fused-ring (bicyclic) bond motifs is 2. The first-order chi connectivity index (χ1) is 14.5. The second-order valence-corrected chi connectivity index (χ2v) is 10.3. The van der Waals surface area contributed by atoms with Crippen LogP contribution >= 0.6 is 0 Å². The number of ether oxygens (including phenoxy) is 4. The molecule has 31 heavy (non-hydrogen) atoms. The lowest BCUT2D eigenvalue weighted by Gasteiger charge is -2.45. The fraction of sp³-hybridized carbons (Fsp3) is 1.00. The second kappa shape index (κ2) is 8.43. The molecule has 10 heteroatoms. The number of rotatable bonds is 5. The second-order valence-electron chi connectivity index (χ2n) is 10.3. The van der Waals surface area contributed by atoms with Crippen LogP contribution in [0, 0.1) is 16.7 Å². The van der Waals surface area contributed by atoms with Gasteiger partial charge in [0.2, 0.25) is 0 Å². The highest BCUT2D eigenvalue weighted by Gasteiger charge is 2.63. The lowest BCUT2D eigenvalue weighted by molar-refractivity contribution is -0.333. The summed E-state index contributed by atoms with van der Waals surface area (Å²) in [7, 11) is 0. The molecule has 180 valence electrons. The van der Waals surface area contributed by atoms with Gasteiger partial charge in [0, 0.05) is 0 Å². The van der Waals surface area contributed by atoms with Crippen LogP contribution in [0.3, 0.4) is 0 Å². The highest BCUT2D eigenvalue weighted by atomic mass is 16.7. The molecule has 0 aromatic heterocycles. The van der Waals surface area contributed by atoms with Crippen molar-refractivity contribution in [2.75, 3.05) is 13.2 Å². The minimum atomic E-state index is -1.50. The highest BCUT2D eigenvalue weighted by molar-refractivity contribution is 5.11. The molecule has 2 heterocycles. The molecule has 2 bridgehead atoms. The largest absolute Gasteiger partial charge is 0.388 e. The van der Waals surface area contributed by atoms with E-state index in [1.165, 1.54) is 0 Å². The molecule has 0 radical (unpaired) electrons. The van der Waals surface area contributed by atoms with Gasteiger partial charge in [0.05, 0.1) is 19.3 Å². The number of hydrogen-bond donors (Lipinski definition) is 6. The van der Waals surface area contributed by atoms with Crippen molar-refractivity contribution in [3.63, 3.8) is 0 Å². The molecule has 2 aliphatic heterocycles. The van der Waals surface area contributed by atoms with E-state index in [0.29, 0.717) is 5.92 Å². The van der Waals surface area contributed by atoms with Crippen LogP contribution in [-0.4, -0.2) is 105 Å². The summed E-state index contributed by atoms with van der Waals surface area (Å²) in [6.07, 6.45) is -9.10. The van der Waals surface area contributed by atoms with E-state index < -0.39 is 55.3 Å². The van der Waals surface area contributed by atoms with Crippen molar-refractivity contribution in [2.24, 2.45) is 16.7 Å². The van der Waals surface area contributed by atoms with E-state index in [9.17, 15) is 30.6 Å². The van der Waals surface area contributed by atoms with Gasteiger partial charge in [0.1, 0.15) is 42.7 Å². The van der Waals surface area contributed by atoms with Crippen molar-refractivity contribution >= 4 is 0 Å². The third kappa shape index (κ3) is 3.84. The van der Waals surface area contributed by atoms with Crippen LogP contribution in [0.25, 0.3) is 0 Å². The van der Waals surface area contributed by atoms with E-state index in [-0.39, 0.29) is 30.1 Å². The molecule has 6 N–H and O–H groups in total. The molecule has 4 fully saturated rings. The zero-order valence-electron chi connectivity index (χ0n) is 18.2. The lowest BCUT2D eigenvalue weighted by Crippen LogP contribution is -2.61. The van der Waals surface area contributed by atoms with E-state index in [1.807, 2.05) is 0 Å². The molecular weight excluding hydrogens is 412 g/mol. The summed E-state index contributed by atoms with van der Waals surface area (Å²) in [5, 5.41) is 60.5. The smallest absolute Gasteiger partial charge is 0.186 e. The molecule has 2 aliphatic carbocycles. The summed E-state index contributed by atoms with van der Waals surface area (Å²) < 4.78 is 22.6. The van der Waals surface area contributed by atoms with Crippen LogP contribution in [0.1, 0.15) is 40.0 Å². The summed E-state index contributed by atoms with van der Waals surface area (Å²) >= 11 is 0. The van der Waals surface area contributed by atoms with Crippen LogP contribution in [0.2, 0.25) is 0 Å². The van der Waals surface area contributed by atoms with E-state index >= 15 is 0 Å². The maximum atomic E-state index is 10.5. The van der Waals surface area contributed by atoms with E-state index in [0.717, 1.165) is 19.3 Å². The topological polar surface area (TPSA) is 158 Å². The van der Waals surface area contributed by atoms with Crippen LogP contribution in [-0.2, 0) is 18.9 Å². The van der Waals surface area contributed by atoms with Gasteiger partial charge in [-0.05, 0) is 36.0 Å². The van der Waals surface area contributed by atoms with Crippen molar-refractivity contribution in [2.45, 2.75) is 101 Å². The molecule has 0 unspecified atom stereocenters. The Balaban J connectivity index is 1.39. The van der Waals surface area contributed by atoms with Crippen LogP contribution in [0.15, 0.2) is 0 Å². The Morgan fingerprint density at radius 3 is 2.16 bits per heavy atom. The molecule has 0 spiro atoms. The quantitative estimate of drug-likeness (QED) is 0.292. The predicted molar refractivity (Wildman–Crippen MR) is 104 cm³/mol. The standard InChI is InChI=1S/C21H36O10/c1-20(2)9-4-5-21(20,3)12(6-9)31-19-17(27)15(25)14(24)11(30-19)8-29-18-16(26)13(23)10(22)7-28-18/h9-19,22-27H,4-8H2,1-3H3/t9-,10+,11+,12-,13-,14+,15-,16+,17+,18-,19-,21+/m0/s1. The van der Waals surface area contributed by atoms with Crippen LogP contribution in [0.4, 0.5) is 0 Å². The number of aliphatic hydroxyl groups excluding tert-OH is 6. The average Bonchev–Trinajstić information content (AvgIpc) is 3.06. The molecule has 2 saturated heterocycles. The molecule has 12 atom stereocenters. The van der Waals surface area contributed by atoms with Gasteiger partial charge in [0.25, 0.3) is 0 Å². The predicted octanol–water partition coefficient (Wildman–Crippen LogP) is -1.52. The first kappa shape index (κ1) is 23.7. The summed E-state index contributed by atoms with van der Waals surface area (Å²) in [5.41, 5.74) is 0.0164. The minimum Gasteiger partial charge on any atom is -0.388 e. The summed E-state index contributed by atoms with van der Waals surface area (Å²) in [6.45, 7) is 6.16. The van der Waals surface area contributed by atoms with E-state index in [4.69, 9.17) is 18.9 Å². The van der Waals surface area contributed by atoms with Gasteiger partial charge in [0.15, 0.2) is 12.6 Å². The van der Waals surface area contributed by atoms with Crippen LogP contribution < -0.4 is 0 Å². The molecule has 0 aromatic carbocycles. The van der Waals surface area contributed by atoms with Gasteiger partial charge < -0.3 is 49.6 Å². The van der Waals surface area contributed by atoms with Crippen LogP contribution in [0.5, 0.6) is 0 Å². The SMILES string of the molecule is CC1(C)[C@H]2CC[C@]1(C)[C@@H](O[C@@H]1O[C@H](CO[C@@H]3OC[C@@H](O)[C@H](O)[C@H]3O)[C@@H](O)[C@H](O)[C@H]1O)C2. The Bertz CT molecular complexity index is 646. The number of aliphatic hydroxyl groups is 6. The van der Waals surface area contributed by atoms with Crippen molar-refractivity contribution in [1.29, 1.82) is 0 Å². The molecule has 4 rings (SSSR count). The Morgan fingerprint density at radius 2 is 1.55 bits per heavy atom. The summed E-state index contributed by atoms with van der Waals surface area (Å²) in [5.74, 6) is 0.518. The molecule has 10 nitrogen and oxygen atoms in total. The lowest BCUT2D eigenvalue weighted by atomic mass is 9.70. The summed E-state index contributed by atoms with van der Waals surface area (Å²) in [6, 6.07) is 0. The first-order valence-electron chi connectivity index (χ1n) is 11.1. The Labute approximate surface area is 181 Å². The van der Waals surface area contributed by atoms with E-state index in [1.54, 1.807) is 0 Å². The number of hydrogen-bond acceptors (Lipinski definition) is 10. The fourth-order valence-corrected chi connectivity index (χ4v) is 5.78. The van der Waals surface area contributed by atoms with E-state index in [2.05, 4.69) is 20.8 Å². The van der Waals surface area contributed by atoms with Crippen molar-refractivity contribution in [3.8, 4) is 0 Å². The molecule has 0 aromatic rings. The molecular formula is C21H36O10. The van der Waals surface area contributed by atoms with Crippen molar-refractivity contribution in [3.05, 3.63) is 0 Å². The van der Waals surface area contributed by atoms with Gasteiger partial charge in [-0.1, -0.05) is 20.8 Å². The third-order valence-electron chi connectivity index (χ3n) is 8.56. The normalized spacial score (nSPS) is 54.3. The monoisotopic (exact) mass is 448 g/mol. The first-order valence-corrected chi connectivity index (χ1v) is 11.1. The Hall–Kier alpha value is -0.400. The Morgan fingerprint density at radius 1 is 0.871 bits per heavy atom. The molecule has 4 aliphatic rings. The zero-order chi connectivity index (χ0) is 22.7. The minimum absolute atomic E-state index is 0.0786. The zero-order valence-corrected chi connectivity index (χ0v) is 18.2. The maximum absolute atomic E-state index is 10.5. The van der Waals surface area contributed by atoms with Crippen molar-refractivity contribution in [1.82, 2.24) is 0 Å². The highest BCUT2D eigenvalue weighted by Crippen LogP contribution is 2.66. The average molecular weight is 449 g/mol.